The molecule has 0 amide bonds. The predicted molar refractivity (Wildman–Crippen MR) is 47.6 cm³/mol. The highest BCUT2D eigenvalue weighted by molar-refractivity contribution is 14.1. The molecule has 1 rings (SSSR count). The fourth-order valence-electron chi connectivity index (χ4n) is 1.03. The second-order valence-corrected chi connectivity index (χ2v) is 3.75. The molecule has 0 saturated carbocycles. The maximum Gasteiger partial charge on any atom is 0.0638 e. The van der Waals surface area contributed by atoms with Gasteiger partial charge in [0.15, 0.2) is 0 Å². The average molecular weight is 251 g/mol. The van der Waals surface area contributed by atoms with Gasteiger partial charge in [-0.25, -0.2) is 3.11 Å². The zero-order valence-electron chi connectivity index (χ0n) is 5.68. The Kier molecular flexibility index (Phi) is 3.39. The summed E-state index contributed by atoms with van der Waals surface area (Å²) in [5, 5.41) is 11.7. The van der Waals surface area contributed by atoms with Gasteiger partial charge in [-0.15, -0.1) is 0 Å². The smallest absolute Gasteiger partial charge is 0.0638 e. The van der Waals surface area contributed by atoms with Crippen molar-refractivity contribution in [3.05, 3.63) is 0 Å². The van der Waals surface area contributed by atoms with Gasteiger partial charge in [-0.1, -0.05) is 0 Å². The number of rotatable bonds is 1. The number of hydrogen-bond donors (Lipinski definition) is 1. The van der Waals surface area contributed by atoms with E-state index in [-0.39, 0.29) is 0 Å². The summed E-state index contributed by atoms with van der Waals surface area (Å²) in [6.07, 6.45) is 0.625. The van der Waals surface area contributed by atoms with Crippen molar-refractivity contribution in [2.45, 2.75) is 12.5 Å². The molecule has 0 radical (unpaired) electrons. The van der Waals surface area contributed by atoms with Crippen LogP contribution in [0.5, 0.6) is 0 Å². The number of nitrogens with zero attached hydrogens (tertiary/aromatic N) is 2. The molecule has 1 fully saturated rings. The standard InChI is InChI=1S/C6H10IN3/c7-10-4-3-9-6(5-10)1-2-8/h6,9H,1,3-5H2/t6-/m0/s1. The van der Waals surface area contributed by atoms with Gasteiger partial charge in [-0.2, -0.15) is 5.26 Å². The SMILES string of the molecule is N#CC[C@H]1CN(I)CCN1. The first-order valence-corrected chi connectivity index (χ1v) is 4.30. The molecule has 10 heavy (non-hydrogen) atoms. The molecule has 0 bridgehead atoms. The van der Waals surface area contributed by atoms with E-state index in [1.54, 1.807) is 0 Å². The molecule has 0 aromatic heterocycles. The molecule has 56 valence electrons. The summed E-state index contributed by atoms with van der Waals surface area (Å²) in [6.45, 7) is 3.09. The first-order chi connectivity index (χ1) is 4.83. The van der Waals surface area contributed by atoms with Crippen LogP contribution in [0.3, 0.4) is 0 Å². The van der Waals surface area contributed by atoms with E-state index in [9.17, 15) is 0 Å². The van der Waals surface area contributed by atoms with Crippen LogP contribution in [0.25, 0.3) is 0 Å². The molecule has 1 N–H and O–H groups in total. The van der Waals surface area contributed by atoms with Crippen LogP contribution in [0.1, 0.15) is 6.42 Å². The van der Waals surface area contributed by atoms with Gasteiger partial charge in [-0.05, 0) is 0 Å². The number of piperazine rings is 1. The summed E-state index contributed by atoms with van der Waals surface area (Å²) in [7, 11) is 0. The topological polar surface area (TPSA) is 39.1 Å². The lowest BCUT2D eigenvalue weighted by Gasteiger charge is -2.27. The predicted octanol–water partition coefficient (Wildman–Crippen LogP) is 0.524. The van der Waals surface area contributed by atoms with E-state index in [4.69, 9.17) is 5.26 Å². The Bertz CT molecular complexity index is 142. The van der Waals surface area contributed by atoms with Crippen LogP contribution >= 0.6 is 22.9 Å². The number of nitriles is 1. The van der Waals surface area contributed by atoms with Crippen molar-refractivity contribution in [2.75, 3.05) is 19.6 Å². The molecule has 1 heterocycles. The Morgan fingerprint density at radius 2 is 2.60 bits per heavy atom. The van der Waals surface area contributed by atoms with E-state index in [1.165, 1.54) is 0 Å². The van der Waals surface area contributed by atoms with E-state index < -0.39 is 0 Å². The van der Waals surface area contributed by atoms with E-state index in [2.05, 4.69) is 37.4 Å². The zero-order valence-corrected chi connectivity index (χ0v) is 7.84. The molecule has 0 aliphatic carbocycles. The molecule has 4 heteroatoms. The highest BCUT2D eigenvalue weighted by Crippen LogP contribution is 2.06. The number of nitrogens with one attached hydrogen (secondary N) is 1. The van der Waals surface area contributed by atoms with Gasteiger partial charge in [0.25, 0.3) is 0 Å². The molecule has 1 aliphatic rings. The van der Waals surface area contributed by atoms with Gasteiger partial charge in [0, 0.05) is 48.5 Å². The highest BCUT2D eigenvalue weighted by atomic mass is 127. The van der Waals surface area contributed by atoms with E-state index >= 15 is 0 Å². The Labute approximate surface area is 74.9 Å². The van der Waals surface area contributed by atoms with Crippen molar-refractivity contribution in [3.8, 4) is 6.07 Å². The van der Waals surface area contributed by atoms with Crippen LogP contribution in [-0.4, -0.2) is 28.8 Å². The quantitative estimate of drug-likeness (QED) is 0.545. The van der Waals surface area contributed by atoms with E-state index in [0.29, 0.717) is 12.5 Å². The molecule has 1 saturated heterocycles. The Hall–Kier alpha value is 0.140. The third-order valence-electron chi connectivity index (χ3n) is 1.54. The van der Waals surface area contributed by atoms with Crippen molar-refractivity contribution < 1.29 is 0 Å². The third-order valence-corrected chi connectivity index (χ3v) is 2.42. The molecular formula is C6H10IN3. The number of halogens is 1. The first-order valence-electron chi connectivity index (χ1n) is 3.34. The highest BCUT2D eigenvalue weighted by Gasteiger charge is 2.15. The molecule has 0 aromatic rings. The third kappa shape index (κ3) is 2.40. The minimum atomic E-state index is 0.385. The van der Waals surface area contributed by atoms with Crippen LogP contribution in [0.15, 0.2) is 0 Å². The summed E-state index contributed by atoms with van der Waals surface area (Å²) < 4.78 is 2.22. The first kappa shape index (κ1) is 8.24. The van der Waals surface area contributed by atoms with Gasteiger partial charge in [0.2, 0.25) is 0 Å². The Morgan fingerprint density at radius 1 is 1.80 bits per heavy atom. The largest absolute Gasteiger partial charge is 0.310 e. The fraction of sp³-hybridized carbons (Fsp3) is 0.833. The lowest BCUT2D eigenvalue weighted by Crippen LogP contribution is -2.46. The van der Waals surface area contributed by atoms with Gasteiger partial charge in [0.1, 0.15) is 0 Å². The molecule has 1 atom stereocenters. The van der Waals surface area contributed by atoms with Crippen LogP contribution in [-0.2, 0) is 0 Å². The van der Waals surface area contributed by atoms with Crippen molar-refractivity contribution in [1.82, 2.24) is 8.43 Å². The summed E-state index contributed by atoms with van der Waals surface area (Å²) in [5.41, 5.74) is 0. The average Bonchev–Trinajstić information content (AvgIpc) is 1.88. The molecule has 0 unspecified atom stereocenters. The lowest BCUT2D eigenvalue weighted by molar-refractivity contribution is 0.343. The monoisotopic (exact) mass is 251 g/mol. The van der Waals surface area contributed by atoms with Crippen molar-refractivity contribution >= 4 is 22.9 Å². The van der Waals surface area contributed by atoms with Gasteiger partial charge in [0.05, 0.1) is 12.5 Å². The molecule has 0 aromatic carbocycles. The van der Waals surface area contributed by atoms with Crippen LogP contribution < -0.4 is 5.32 Å². The minimum Gasteiger partial charge on any atom is -0.310 e. The second kappa shape index (κ2) is 4.11. The van der Waals surface area contributed by atoms with Crippen molar-refractivity contribution in [2.24, 2.45) is 0 Å². The molecule has 3 nitrogen and oxygen atoms in total. The Balaban J connectivity index is 2.27. The van der Waals surface area contributed by atoms with Crippen LogP contribution in [0.2, 0.25) is 0 Å². The number of hydrogen-bond acceptors (Lipinski definition) is 3. The van der Waals surface area contributed by atoms with Gasteiger partial charge < -0.3 is 5.32 Å². The molecular weight excluding hydrogens is 241 g/mol. The van der Waals surface area contributed by atoms with Crippen LogP contribution in [0, 0.1) is 11.3 Å². The summed E-state index contributed by atoms with van der Waals surface area (Å²) in [5.74, 6) is 0. The van der Waals surface area contributed by atoms with Crippen molar-refractivity contribution in [3.63, 3.8) is 0 Å². The minimum absolute atomic E-state index is 0.385. The normalized spacial score (nSPS) is 27.8. The summed E-state index contributed by atoms with van der Waals surface area (Å²) >= 11 is 2.30. The summed E-state index contributed by atoms with van der Waals surface area (Å²) in [6, 6.07) is 2.55. The van der Waals surface area contributed by atoms with Crippen molar-refractivity contribution in [1.29, 1.82) is 5.26 Å². The van der Waals surface area contributed by atoms with Crippen LogP contribution in [0.4, 0.5) is 0 Å². The molecule has 0 spiro atoms. The lowest BCUT2D eigenvalue weighted by atomic mass is 10.2. The van der Waals surface area contributed by atoms with E-state index in [1.807, 2.05) is 0 Å². The van der Waals surface area contributed by atoms with Gasteiger partial charge in [-0.3, -0.25) is 0 Å². The van der Waals surface area contributed by atoms with E-state index in [0.717, 1.165) is 19.6 Å². The Morgan fingerprint density at radius 3 is 3.20 bits per heavy atom. The molecule has 1 aliphatic heterocycles. The summed E-state index contributed by atoms with van der Waals surface area (Å²) in [4.78, 5) is 0. The fourth-order valence-corrected chi connectivity index (χ4v) is 1.75. The van der Waals surface area contributed by atoms with Gasteiger partial charge >= 0.3 is 0 Å². The maximum absolute atomic E-state index is 8.39. The zero-order chi connectivity index (χ0) is 7.40. The second-order valence-electron chi connectivity index (χ2n) is 2.38. The maximum atomic E-state index is 8.39.